The van der Waals surface area contributed by atoms with E-state index in [1.54, 1.807) is 12.3 Å². The number of pyridine rings is 1. The van der Waals surface area contributed by atoms with Gasteiger partial charge in [0.2, 0.25) is 5.91 Å². The van der Waals surface area contributed by atoms with Crippen molar-refractivity contribution >= 4 is 17.8 Å². The Morgan fingerprint density at radius 3 is 2.90 bits per heavy atom. The van der Waals surface area contributed by atoms with Gasteiger partial charge in [-0.2, -0.15) is 0 Å². The quantitative estimate of drug-likeness (QED) is 0.882. The molecule has 0 aromatic carbocycles. The number of anilines is 1. The third-order valence-corrected chi connectivity index (χ3v) is 3.93. The fraction of sp³-hybridized carbons (Fsp3) is 0.533. The highest BCUT2D eigenvalue weighted by atomic mass is 16.2. The van der Waals surface area contributed by atoms with E-state index in [2.05, 4.69) is 15.6 Å². The highest BCUT2D eigenvalue weighted by molar-refractivity contribution is 5.88. The van der Waals surface area contributed by atoms with Gasteiger partial charge < -0.3 is 10.2 Å². The van der Waals surface area contributed by atoms with Gasteiger partial charge in [0.15, 0.2) is 0 Å². The maximum atomic E-state index is 11.8. The molecule has 21 heavy (non-hydrogen) atoms. The average molecular weight is 288 g/mol. The van der Waals surface area contributed by atoms with Crippen LogP contribution in [0.5, 0.6) is 0 Å². The van der Waals surface area contributed by atoms with Crippen LogP contribution in [0.1, 0.15) is 24.8 Å². The van der Waals surface area contributed by atoms with Gasteiger partial charge in [0.05, 0.1) is 0 Å². The minimum absolute atomic E-state index is 0.217. The number of amides is 3. The summed E-state index contributed by atoms with van der Waals surface area (Å²) < 4.78 is 0. The topological polar surface area (TPSA) is 74.3 Å². The molecular formula is C15H20N4O2. The van der Waals surface area contributed by atoms with E-state index in [-0.39, 0.29) is 17.9 Å². The fourth-order valence-electron chi connectivity index (χ4n) is 2.62. The van der Waals surface area contributed by atoms with Gasteiger partial charge in [0.1, 0.15) is 5.82 Å². The second-order valence-electron chi connectivity index (χ2n) is 5.90. The highest BCUT2D eigenvalue weighted by Crippen LogP contribution is 2.32. The minimum atomic E-state index is -0.274. The van der Waals surface area contributed by atoms with Gasteiger partial charge in [0, 0.05) is 37.7 Å². The molecule has 2 heterocycles. The largest absolute Gasteiger partial charge is 0.339 e. The SMILES string of the molecule is Cc1ccc(NC(=O)NC[C@H]2CC(=O)N(C3CC3)C2)nc1. The van der Waals surface area contributed by atoms with E-state index < -0.39 is 0 Å². The van der Waals surface area contributed by atoms with Gasteiger partial charge in [0.25, 0.3) is 0 Å². The Hall–Kier alpha value is -2.11. The average Bonchev–Trinajstić information content (AvgIpc) is 3.23. The number of nitrogens with one attached hydrogen (secondary N) is 2. The van der Waals surface area contributed by atoms with Crippen molar-refractivity contribution in [3.05, 3.63) is 23.9 Å². The van der Waals surface area contributed by atoms with E-state index in [1.165, 1.54) is 0 Å². The molecule has 0 unspecified atom stereocenters. The lowest BCUT2D eigenvalue weighted by Gasteiger charge is -2.15. The molecule has 1 saturated carbocycles. The van der Waals surface area contributed by atoms with Crippen LogP contribution in [0.4, 0.5) is 10.6 Å². The van der Waals surface area contributed by atoms with Crippen molar-refractivity contribution in [2.45, 2.75) is 32.2 Å². The summed E-state index contributed by atoms with van der Waals surface area (Å²) in [4.78, 5) is 29.7. The third kappa shape index (κ3) is 3.51. The summed E-state index contributed by atoms with van der Waals surface area (Å²) in [5, 5.41) is 5.51. The molecule has 1 aliphatic carbocycles. The predicted molar refractivity (Wildman–Crippen MR) is 78.8 cm³/mol. The summed E-state index contributed by atoms with van der Waals surface area (Å²) in [6.45, 7) is 3.23. The van der Waals surface area contributed by atoms with Crippen molar-refractivity contribution < 1.29 is 9.59 Å². The van der Waals surface area contributed by atoms with Crippen molar-refractivity contribution in [3.8, 4) is 0 Å². The zero-order valence-corrected chi connectivity index (χ0v) is 12.1. The van der Waals surface area contributed by atoms with Crippen LogP contribution in [0.3, 0.4) is 0 Å². The van der Waals surface area contributed by atoms with Crippen molar-refractivity contribution in [2.24, 2.45) is 5.92 Å². The highest BCUT2D eigenvalue weighted by Gasteiger charge is 2.39. The minimum Gasteiger partial charge on any atom is -0.339 e. The summed E-state index contributed by atoms with van der Waals surface area (Å²) in [5.74, 6) is 0.972. The van der Waals surface area contributed by atoms with Crippen LogP contribution >= 0.6 is 0 Å². The maximum absolute atomic E-state index is 11.8. The molecule has 6 heteroatoms. The molecule has 2 N–H and O–H groups in total. The number of likely N-dealkylation sites (tertiary alicyclic amines) is 1. The Morgan fingerprint density at radius 1 is 1.43 bits per heavy atom. The molecule has 2 aliphatic rings. The summed E-state index contributed by atoms with van der Waals surface area (Å²) in [6, 6.07) is 3.85. The van der Waals surface area contributed by atoms with Crippen molar-refractivity contribution in [2.75, 3.05) is 18.4 Å². The molecule has 0 radical (unpaired) electrons. The van der Waals surface area contributed by atoms with Crippen LogP contribution in [0.15, 0.2) is 18.3 Å². The third-order valence-electron chi connectivity index (χ3n) is 3.93. The van der Waals surface area contributed by atoms with Crippen LogP contribution in [0.25, 0.3) is 0 Å². The molecule has 6 nitrogen and oxygen atoms in total. The molecular weight excluding hydrogens is 268 g/mol. The molecule has 1 saturated heterocycles. The first-order valence-corrected chi connectivity index (χ1v) is 7.39. The van der Waals surface area contributed by atoms with E-state index >= 15 is 0 Å². The monoisotopic (exact) mass is 288 g/mol. The normalized spacial score (nSPS) is 21.5. The molecule has 2 fully saturated rings. The summed E-state index contributed by atoms with van der Waals surface area (Å²) in [6.07, 6.45) is 4.51. The van der Waals surface area contributed by atoms with E-state index in [0.29, 0.717) is 24.8 Å². The first kappa shape index (κ1) is 13.9. The number of urea groups is 1. The van der Waals surface area contributed by atoms with E-state index in [4.69, 9.17) is 0 Å². The van der Waals surface area contributed by atoms with Gasteiger partial charge in [-0.1, -0.05) is 6.07 Å². The van der Waals surface area contributed by atoms with Crippen LogP contribution in [0, 0.1) is 12.8 Å². The first-order chi connectivity index (χ1) is 10.1. The first-order valence-electron chi connectivity index (χ1n) is 7.39. The zero-order chi connectivity index (χ0) is 14.8. The summed E-state index contributed by atoms with van der Waals surface area (Å²) >= 11 is 0. The Kier molecular flexibility index (Phi) is 3.77. The Labute approximate surface area is 123 Å². The maximum Gasteiger partial charge on any atom is 0.320 e. The van der Waals surface area contributed by atoms with Gasteiger partial charge in [-0.25, -0.2) is 9.78 Å². The summed E-state index contributed by atoms with van der Waals surface area (Å²) in [5.41, 5.74) is 1.05. The van der Waals surface area contributed by atoms with Crippen LogP contribution in [-0.4, -0.2) is 41.0 Å². The number of aryl methyl sites for hydroxylation is 1. The van der Waals surface area contributed by atoms with Crippen molar-refractivity contribution in [1.82, 2.24) is 15.2 Å². The Bertz CT molecular complexity index is 539. The van der Waals surface area contributed by atoms with Crippen LogP contribution in [-0.2, 0) is 4.79 Å². The number of carbonyl (C=O) groups is 2. The summed E-state index contributed by atoms with van der Waals surface area (Å²) in [7, 11) is 0. The Balaban J connectivity index is 1.43. The standard InChI is InChI=1S/C15H20N4O2/c1-10-2-5-13(16-7-10)18-15(21)17-8-11-6-14(20)19(9-11)12-3-4-12/h2,5,7,11-12H,3-4,6,8-9H2,1H3,(H2,16,17,18,21)/t11-/m1/s1. The molecule has 1 aromatic heterocycles. The number of carbonyl (C=O) groups excluding carboxylic acids is 2. The van der Waals surface area contributed by atoms with Crippen molar-refractivity contribution in [1.29, 1.82) is 0 Å². The second kappa shape index (κ2) is 5.71. The van der Waals surface area contributed by atoms with Gasteiger partial charge in [-0.15, -0.1) is 0 Å². The molecule has 1 aliphatic heterocycles. The number of hydrogen-bond acceptors (Lipinski definition) is 3. The van der Waals surface area contributed by atoms with E-state index in [0.717, 1.165) is 24.9 Å². The van der Waals surface area contributed by atoms with E-state index in [9.17, 15) is 9.59 Å². The number of nitrogens with zero attached hydrogens (tertiary/aromatic N) is 2. The lowest BCUT2D eigenvalue weighted by Crippen LogP contribution is -2.34. The van der Waals surface area contributed by atoms with Crippen molar-refractivity contribution in [3.63, 3.8) is 0 Å². The van der Waals surface area contributed by atoms with Gasteiger partial charge >= 0.3 is 6.03 Å². The van der Waals surface area contributed by atoms with Crippen LogP contribution < -0.4 is 10.6 Å². The predicted octanol–water partition coefficient (Wildman–Crippen LogP) is 1.52. The number of rotatable bonds is 4. The lowest BCUT2D eigenvalue weighted by atomic mass is 10.1. The second-order valence-corrected chi connectivity index (χ2v) is 5.90. The molecule has 112 valence electrons. The fourth-order valence-corrected chi connectivity index (χ4v) is 2.62. The number of aromatic nitrogens is 1. The van der Waals surface area contributed by atoms with Crippen LogP contribution in [0.2, 0.25) is 0 Å². The number of hydrogen-bond donors (Lipinski definition) is 2. The molecule has 0 spiro atoms. The smallest absolute Gasteiger partial charge is 0.320 e. The Morgan fingerprint density at radius 2 is 2.24 bits per heavy atom. The molecule has 1 aromatic rings. The van der Waals surface area contributed by atoms with E-state index in [1.807, 2.05) is 17.9 Å². The van der Waals surface area contributed by atoms with Gasteiger partial charge in [-0.3, -0.25) is 10.1 Å². The van der Waals surface area contributed by atoms with Gasteiger partial charge in [-0.05, 0) is 31.4 Å². The lowest BCUT2D eigenvalue weighted by molar-refractivity contribution is -0.128. The zero-order valence-electron chi connectivity index (χ0n) is 12.1. The molecule has 1 atom stereocenters. The molecule has 3 rings (SSSR count). The molecule has 0 bridgehead atoms. The molecule has 3 amide bonds.